The molecule has 1 aromatic carbocycles. The predicted molar refractivity (Wildman–Crippen MR) is 70.9 cm³/mol. The lowest BCUT2D eigenvalue weighted by molar-refractivity contribution is -0.384. The number of ether oxygens (including phenoxy) is 1. The number of hydrogen-bond acceptors (Lipinski definition) is 5. The number of benzene rings is 1. The predicted octanol–water partition coefficient (Wildman–Crippen LogP) is 3.04. The van der Waals surface area contributed by atoms with Crippen molar-refractivity contribution in [2.24, 2.45) is 0 Å². The van der Waals surface area contributed by atoms with Gasteiger partial charge in [-0.25, -0.2) is 0 Å². The quantitative estimate of drug-likeness (QED) is 0.348. The number of rotatable bonds is 6. The van der Waals surface area contributed by atoms with Crippen LogP contribution in [0.15, 0.2) is 18.2 Å². The van der Waals surface area contributed by atoms with E-state index < -0.39 is 4.92 Å². The summed E-state index contributed by atoms with van der Waals surface area (Å²) in [7, 11) is 1.34. The minimum Gasteiger partial charge on any atom is -0.469 e. The van der Waals surface area contributed by atoms with Crippen LogP contribution in [0.1, 0.15) is 12.0 Å². The number of nitro groups is 1. The first-order chi connectivity index (χ1) is 8.54. The number of hydrogen-bond donors (Lipinski definition) is 0. The first kappa shape index (κ1) is 14.8. The fourth-order valence-electron chi connectivity index (χ4n) is 1.23. The minimum absolute atomic E-state index is 0.0166. The third kappa shape index (κ3) is 4.54. The van der Waals surface area contributed by atoms with Crippen LogP contribution >= 0.6 is 23.4 Å². The second kappa shape index (κ2) is 7.23. The number of nitrogens with zero attached hydrogens (tertiary/aromatic N) is 1. The number of methoxy groups -OCH3 is 1. The molecule has 1 rings (SSSR count). The molecule has 0 aliphatic carbocycles. The first-order valence-corrected chi connectivity index (χ1v) is 6.65. The fourth-order valence-corrected chi connectivity index (χ4v) is 2.40. The molecule has 0 radical (unpaired) electrons. The monoisotopic (exact) mass is 289 g/mol. The Kier molecular flexibility index (Phi) is 5.94. The normalized spacial score (nSPS) is 10.1. The topological polar surface area (TPSA) is 69.4 Å². The molecule has 0 amide bonds. The highest BCUT2D eigenvalue weighted by molar-refractivity contribution is 7.98. The number of nitro benzene ring substituents is 1. The Morgan fingerprint density at radius 2 is 2.28 bits per heavy atom. The summed E-state index contributed by atoms with van der Waals surface area (Å²) in [6, 6.07) is 4.33. The molecule has 7 heteroatoms. The molecule has 0 aliphatic heterocycles. The van der Waals surface area contributed by atoms with Gasteiger partial charge in [-0.15, -0.1) is 0 Å². The average Bonchev–Trinajstić information content (AvgIpc) is 2.35. The lowest BCUT2D eigenvalue weighted by Gasteiger charge is -2.04. The Bertz CT molecular complexity index is 453. The summed E-state index contributed by atoms with van der Waals surface area (Å²) in [5.41, 5.74) is 0.712. The zero-order chi connectivity index (χ0) is 13.5. The van der Waals surface area contributed by atoms with E-state index in [1.807, 2.05) is 0 Å². The Morgan fingerprint density at radius 3 is 2.89 bits per heavy atom. The molecular weight excluding hydrogens is 278 g/mol. The van der Waals surface area contributed by atoms with Gasteiger partial charge in [0.1, 0.15) is 0 Å². The fraction of sp³-hybridized carbons (Fsp3) is 0.364. The molecule has 0 bridgehead atoms. The number of thioether (sulfide) groups is 1. The maximum Gasteiger partial charge on any atom is 0.306 e. The van der Waals surface area contributed by atoms with E-state index >= 15 is 0 Å². The van der Waals surface area contributed by atoms with Gasteiger partial charge in [0.05, 0.1) is 18.5 Å². The van der Waals surface area contributed by atoms with Crippen molar-refractivity contribution in [1.29, 1.82) is 0 Å². The van der Waals surface area contributed by atoms with Gasteiger partial charge in [-0.3, -0.25) is 14.9 Å². The smallest absolute Gasteiger partial charge is 0.306 e. The molecule has 98 valence electrons. The van der Waals surface area contributed by atoms with Crippen LogP contribution in [0.5, 0.6) is 0 Å². The van der Waals surface area contributed by atoms with Crippen LogP contribution in [-0.2, 0) is 15.3 Å². The van der Waals surface area contributed by atoms with Crippen LogP contribution in [0.2, 0.25) is 5.02 Å². The molecule has 0 heterocycles. The number of carbonyl (C=O) groups excluding carboxylic acids is 1. The molecule has 0 unspecified atom stereocenters. The number of esters is 1. The van der Waals surface area contributed by atoms with Crippen LogP contribution < -0.4 is 0 Å². The summed E-state index contributed by atoms with van der Waals surface area (Å²) in [5.74, 6) is 0.844. The van der Waals surface area contributed by atoms with Crippen LogP contribution in [0, 0.1) is 10.1 Å². The third-order valence-electron chi connectivity index (χ3n) is 2.18. The van der Waals surface area contributed by atoms with Crippen LogP contribution in [0.3, 0.4) is 0 Å². The van der Waals surface area contributed by atoms with Crippen LogP contribution in [0.25, 0.3) is 0 Å². The van der Waals surface area contributed by atoms with E-state index in [4.69, 9.17) is 11.6 Å². The van der Waals surface area contributed by atoms with Crippen LogP contribution in [-0.4, -0.2) is 23.8 Å². The van der Waals surface area contributed by atoms with Crippen molar-refractivity contribution < 1.29 is 14.5 Å². The third-order valence-corrected chi connectivity index (χ3v) is 3.55. The van der Waals surface area contributed by atoms with E-state index in [2.05, 4.69) is 4.74 Å². The molecule has 0 atom stereocenters. The molecule has 0 aromatic heterocycles. The Balaban J connectivity index is 2.53. The number of halogens is 1. The first-order valence-electron chi connectivity index (χ1n) is 5.12. The Morgan fingerprint density at radius 1 is 1.56 bits per heavy atom. The summed E-state index contributed by atoms with van der Waals surface area (Å²) in [6.45, 7) is 0. The maximum atomic E-state index is 10.9. The van der Waals surface area contributed by atoms with Crippen molar-refractivity contribution in [2.45, 2.75) is 12.2 Å². The molecule has 0 aliphatic rings. The molecule has 1 aromatic rings. The largest absolute Gasteiger partial charge is 0.469 e. The molecule has 0 N–H and O–H groups in total. The SMILES string of the molecule is COC(=O)CCSCc1cc([N+](=O)[O-])ccc1Cl. The van der Waals surface area contributed by atoms with Gasteiger partial charge >= 0.3 is 5.97 Å². The second-order valence-corrected chi connectivity index (χ2v) is 4.92. The van der Waals surface area contributed by atoms with Gasteiger partial charge in [-0.05, 0) is 11.6 Å². The van der Waals surface area contributed by atoms with E-state index in [0.29, 0.717) is 28.5 Å². The Hall–Kier alpha value is -1.27. The van der Waals surface area contributed by atoms with E-state index in [0.717, 1.165) is 0 Å². The van der Waals surface area contributed by atoms with E-state index in [1.54, 1.807) is 0 Å². The highest BCUT2D eigenvalue weighted by atomic mass is 35.5. The summed E-state index contributed by atoms with van der Waals surface area (Å²) in [6.07, 6.45) is 0.313. The van der Waals surface area contributed by atoms with Gasteiger partial charge in [-0.2, -0.15) is 11.8 Å². The van der Waals surface area contributed by atoms with Gasteiger partial charge in [-0.1, -0.05) is 11.6 Å². The van der Waals surface area contributed by atoms with Crippen molar-refractivity contribution in [3.63, 3.8) is 0 Å². The molecule has 18 heavy (non-hydrogen) atoms. The lowest BCUT2D eigenvalue weighted by Crippen LogP contribution is -2.01. The summed E-state index contributed by atoms with van der Waals surface area (Å²) >= 11 is 7.42. The minimum atomic E-state index is -0.459. The zero-order valence-electron chi connectivity index (χ0n) is 9.72. The summed E-state index contributed by atoms with van der Waals surface area (Å²) in [4.78, 5) is 21.0. The van der Waals surface area contributed by atoms with Gasteiger partial charge in [0.25, 0.3) is 5.69 Å². The second-order valence-electron chi connectivity index (χ2n) is 3.41. The van der Waals surface area contributed by atoms with Crippen molar-refractivity contribution in [1.82, 2.24) is 0 Å². The number of carbonyl (C=O) groups is 1. The lowest BCUT2D eigenvalue weighted by atomic mass is 10.2. The zero-order valence-corrected chi connectivity index (χ0v) is 11.3. The van der Waals surface area contributed by atoms with E-state index in [-0.39, 0.29) is 11.7 Å². The van der Waals surface area contributed by atoms with Crippen molar-refractivity contribution >= 4 is 35.0 Å². The molecule has 5 nitrogen and oxygen atoms in total. The molecule has 0 spiro atoms. The van der Waals surface area contributed by atoms with Gasteiger partial charge < -0.3 is 4.74 Å². The summed E-state index contributed by atoms with van der Waals surface area (Å²) in [5, 5.41) is 11.1. The van der Waals surface area contributed by atoms with Crippen molar-refractivity contribution in [3.8, 4) is 0 Å². The molecule has 0 fully saturated rings. The highest BCUT2D eigenvalue weighted by Gasteiger charge is 2.10. The van der Waals surface area contributed by atoms with Crippen molar-refractivity contribution in [3.05, 3.63) is 38.9 Å². The van der Waals surface area contributed by atoms with Gasteiger partial charge in [0, 0.05) is 28.7 Å². The highest BCUT2D eigenvalue weighted by Crippen LogP contribution is 2.25. The standard InChI is InChI=1S/C11H12ClNO4S/c1-17-11(14)4-5-18-7-8-6-9(13(15)16)2-3-10(8)12/h2-3,6H,4-5,7H2,1H3. The summed E-state index contributed by atoms with van der Waals surface area (Å²) < 4.78 is 4.51. The molecule has 0 saturated carbocycles. The number of non-ortho nitro benzene ring substituents is 1. The molecular formula is C11H12ClNO4S. The van der Waals surface area contributed by atoms with Crippen LogP contribution in [0.4, 0.5) is 5.69 Å². The maximum absolute atomic E-state index is 10.9. The molecule has 0 saturated heterocycles. The van der Waals surface area contributed by atoms with E-state index in [1.165, 1.54) is 37.1 Å². The van der Waals surface area contributed by atoms with E-state index in [9.17, 15) is 14.9 Å². The Labute approximate surface area is 114 Å². The van der Waals surface area contributed by atoms with Crippen molar-refractivity contribution in [2.75, 3.05) is 12.9 Å². The average molecular weight is 290 g/mol. The van der Waals surface area contributed by atoms with Gasteiger partial charge in [0.15, 0.2) is 0 Å². The van der Waals surface area contributed by atoms with Gasteiger partial charge in [0.2, 0.25) is 0 Å².